The highest BCUT2D eigenvalue weighted by molar-refractivity contribution is 7.92. The molecule has 2 aromatic carbocycles. The molecule has 8 heteroatoms. The second kappa shape index (κ2) is 9.75. The van der Waals surface area contributed by atoms with E-state index in [1.807, 2.05) is 48.5 Å². The molecule has 2 aromatic rings. The van der Waals surface area contributed by atoms with Gasteiger partial charge in [-0.2, -0.15) is 4.31 Å². The van der Waals surface area contributed by atoms with Crippen LogP contribution in [0.3, 0.4) is 0 Å². The topological polar surface area (TPSA) is 70.2 Å². The lowest BCUT2D eigenvalue weighted by Crippen LogP contribution is -2.52. The van der Waals surface area contributed by atoms with Crippen LogP contribution >= 0.6 is 0 Å². The summed E-state index contributed by atoms with van der Waals surface area (Å²) < 4.78 is 32.1. The molecular formula is C24H29N3O4S. The first kappa shape index (κ1) is 22.4. The maximum absolute atomic E-state index is 12.9. The Balaban J connectivity index is 1.34. The van der Waals surface area contributed by atoms with Crippen molar-refractivity contribution in [3.05, 3.63) is 65.1 Å². The zero-order valence-electron chi connectivity index (χ0n) is 18.3. The Morgan fingerprint density at radius 1 is 1.03 bits per heavy atom. The molecule has 0 unspecified atom stereocenters. The lowest BCUT2D eigenvalue weighted by atomic mass is 10.0. The summed E-state index contributed by atoms with van der Waals surface area (Å²) >= 11 is 0. The lowest BCUT2D eigenvalue weighted by Gasteiger charge is -2.36. The Morgan fingerprint density at radius 3 is 2.50 bits per heavy atom. The molecule has 0 atom stereocenters. The van der Waals surface area contributed by atoms with Gasteiger partial charge in [0.15, 0.2) is 0 Å². The molecule has 4 rings (SSSR count). The first-order valence-electron chi connectivity index (χ1n) is 10.9. The Kier molecular flexibility index (Phi) is 6.81. The number of ether oxygens (including phenoxy) is 1. The Morgan fingerprint density at radius 2 is 1.78 bits per heavy atom. The largest absolute Gasteiger partial charge is 0.497 e. The van der Waals surface area contributed by atoms with Crippen LogP contribution in [-0.4, -0.2) is 69.9 Å². The van der Waals surface area contributed by atoms with Crippen molar-refractivity contribution >= 4 is 27.7 Å². The van der Waals surface area contributed by atoms with Gasteiger partial charge in [-0.3, -0.25) is 4.79 Å². The number of anilines is 1. The second-order valence-corrected chi connectivity index (χ2v) is 9.88. The van der Waals surface area contributed by atoms with Crippen LogP contribution in [-0.2, 0) is 21.2 Å². The normalized spacial score (nSPS) is 17.4. The van der Waals surface area contributed by atoms with E-state index in [-0.39, 0.29) is 5.91 Å². The molecule has 0 N–H and O–H groups in total. The minimum atomic E-state index is -3.51. The molecule has 0 saturated carbocycles. The molecule has 2 aliphatic rings. The number of piperazine rings is 1. The molecular weight excluding hydrogens is 426 g/mol. The van der Waals surface area contributed by atoms with Crippen molar-refractivity contribution in [1.29, 1.82) is 0 Å². The molecule has 0 aliphatic carbocycles. The van der Waals surface area contributed by atoms with Crippen LogP contribution in [0.1, 0.15) is 17.5 Å². The summed E-state index contributed by atoms with van der Waals surface area (Å²) in [7, 11) is -1.86. The second-order valence-electron chi connectivity index (χ2n) is 8.06. The van der Waals surface area contributed by atoms with Crippen molar-refractivity contribution < 1.29 is 17.9 Å². The average molecular weight is 456 g/mol. The third-order valence-electron chi connectivity index (χ3n) is 6.01. The third-order valence-corrected chi connectivity index (χ3v) is 7.58. The number of carbonyl (C=O) groups excluding carboxylic acids is 1. The number of aryl methyl sites for hydroxylation is 1. The zero-order valence-corrected chi connectivity index (χ0v) is 19.1. The molecule has 1 saturated heterocycles. The number of carbonyl (C=O) groups is 1. The molecule has 170 valence electrons. The monoisotopic (exact) mass is 455 g/mol. The Labute approximate surface area is 189 Å². The van der Waals surface area contributed by atoms with Crippen LogP contribution in [0.25, 0.3) is 6.08 Å². The number of fused-ring (bicyclic) bond motifs is 1. The van der Waals surface area contributed by atoms with E-state index >= 15 is 0 Å². The first-order valence-corrected chi connectivity index (χ1v) is 12.4. The predicted molar refractivity (Wildman–Crippen MR) is 126 cm³/mol. The van der Waals surface area contributed by atoms with E-state index in [0.717, 1.165) is 36.4 Å². The fourth-order valence-corrected chi connectivity index (χ4v) is 5.39. The van der Waals surface area contributed by atoms with E-state index in [4.69, 9.17) is 4.74 Å². The van der Waals surface area contributed by atoms with Crippen LogP contribution in [0.4, 0.5) is 5.69 Å². The fraction of sp³-hybridized carbons (Fsp3) is 0.375. The number of rotatable bonds is 6. The fourth-order valence-electron chi connectivity index (χ4n) is 4.21. The van der Waals surface area contributed by atoms with E-state index in [9.17, 15) is 13.2 Å². The SMILES string of the molecule is COc1ccc2c(c1)CCCN2CC(=O)N1CCN(S(=O)(=O)C=Cc2ccccc2)CC1. The van der Waals surface area contributed by atoms with Crippen molar-refractivity contribution in [2.75, 3.05) is 51.3 Å². The van der Waals surface area contributed by atoms with Gasteiger partial charge in [0.2, 0.25) is 15.9 Å². The van der Waals surface area contributed by atoms with E-state index < -0.39 is 10.0 Å². The van der Waals surface area contributed by atoms with Gasteiger partial charge in [-0.05, 0) is 48.2 Å². The van der Waals surface area contributed by atoms with Crippen LogP contribution in [0.2, 0.25) is 0 Å². The van der Waals surface area contributed by atoms with Gasteiger partial charge in [0.25, 0.3) is 0 Å². The van der Waals surface area contributed by atoms with E-state index in [0.29, 0.717) is 32.7 Å². The summed E-state index contributed by atoms with van der Waals surface area (Å²) in [6.45, 7) is 2.56. The van der Waals surface area contributed by atoms with Crippen molar-refractivity contribution in [2.24, 2.45) is 0 Å². The predicted octanol–water partition coefficient (Wildman–Crippen LogP) is 2.59. The molecule has 1 fully saturated rings. The summed E-state index contributed by atoms with van der Waals surface area (Å²) in [5, 5.41) is 1.25. The van der Waals surface area contributed by atoms with Gasteiger partial charge in [0.05, 0.1) is 13.7 Å². The van der Waals surface area contributed by atoms with Gasteiger partial charge in [-0.1, -0.05) is 30.3 Å². The van der Waals surface area contributed by atoms with Gasteiger partial charge in [0.1, 0.15) is 5.75 Å². The minimum Gasteiger partial charge on any atom is -0.497 e. The van der Waals surface area contributed by atoms with Gasteiger partial charge in [-0.25, -0.2) is 8.42 Å². The maximum atomic E-state index is 12.9. The van der Waals surface area contributed by atoms with Crippen molar-refractivity contribution in [3.63, 3.8) is 0 Å². The van der Waals surface area contributed by atoms with Crippen LogP contribution in [0, 0.1) is 0 Å². The highest BCUT2D eigenvalue weighted by Crippen LogP contribution is 2.30. The molecule has 32 heavy (non-hydrogen) atoms. The lowest BCUT2D eigenvalue weighted by molar-refractivity contribution is -0.130. The van der Waals surface area contributed by atoms with Crippen molar-refractivity contribution in [2.45, 2.75) is 12.8 Å². The van der Waals surface area contributed by atoms with Crippen molar-refractivity contribution in [1.82, 2.24) is 9.21 Å². The number of hydrogen-bond acceptors (Lipinski definition) is 5. The highest BCUT2D eigenvalue weighted by atomic mass is 32.2. The van der Waals surface area contributed by atoms with Gasteiger partial charge in [-0.15, -0.1) is 0 Å². The first-order chi connectivity index (χ1) is 15.5. The zero-order chi connectivity index (χ0) is 22.6. The smallest absolute Gasteiger partial charge is 0.242 e. The van der Waals surface area contributed by atoms with E-state index in [2.05, 4.69) is 4.90 Å². The minimum absolute atomic E-state index is 0.0329. The number of sulfonamides is 1. The molecule has 7 nitrogen and oxygen atoms in total. The number of benzene rings is 2. The highest BCUT2D eigenvalue weighted by Gasteiger charge is 2.29. The van der Waals surface area contributed by atoms with Gasteiger partial charge < -0.3 is 14.5 Å². The number of hydrogen-bond donors (Lipinski definition) is 0. The van der Waals surface area contributed by atoms with E-state index in [1.54, 1.807) is 18.1 Å². The summed E-state index contributed by atoms with van der Waals surface area (Å²) in [6.07, 6.45) is 3.58. The van der Waals surface area contributed by atoms with Crippen LogP contribution in [0.15, 0.2) is 53.9 Å². The van der Waals surface area contributed by atoms with Crippen LogP contribution < -0.4 is 9.64 Å². The molecule has 0 bridgehead atoms. The van der Waals surface area contributed by atoms with Crippen LogP contribution in [0.5, 0.6) is 5.75 Å². The summed E-state index contributed by atoms with van der Waals surface area (Å²) in [6, 6.07) is 15.3. The summed E-state index contributed by atoms with van der Waals surface area (Å²) in [5.41, 5.74) is 3.12. The molecule has 0 spiro atoms. The molecule has 2 aliphatic heterocycles. The summed E-state index contributed by atoms with van der Waals surface area (Å²) in [4.78, 5) is 16.8. The number of methoxy groups -OCH3 is 1. The molecule has 1 amide bonds. The number of nitrogens with zero attached hydrogens (tertiary/aromatic N) is 3. The van der Waals surface area contributed by atoms with Gasteiger partial charge >= 0.3 is 0 Å². The van der Waals surface area contributed by atoms with Crippen molar-refractivity contribution in [3.8, 4) is 5.75 Å². The molecule has 2 heterocycles. The maximum Gasteiger partial charge on any atom is 0.242 e. The third kappa shape index (κ3) is 5.14. The Hall–Kier alpha value is -2.84. The Bertz CT molecular complexity index is 1080. The average Bonchev–Trinajstić information content (AvgIpc) is 2.83. The van der Waals surface area contributed by atoms with E-state index in [1.165, 1.54) is 15.3 Å². The standard InChI is InChI=1S/C24H29N3O4S/c1-31-22-9-10-23-21(18-22)8-5-12-26(23)19-24(28)25-13-15-27(16-14-25)32(29,30)17-11-20-6-3-2-4-7-20/h2-4,6-7,9-11,17-18H,5,8,12-16,19H2,1H3. The summed E-state index contributed by atoms with van der Waals surface area (Å²) in [5.74, 6) is 0.862. The molecule has 0 aromatic heterocycles. The van der Waals surface area contributed by atoms with Gasteiger partial charge in [0, 0.05) is 43.8 Å². The number of amides is 1. The molecule has 0 radical (unpaired) electrons. The quantitative estimate of drug-likeness (QED) is 0.670.